The Morgan fingerprint density at radius 1 is 1.15 bits per heavy atom. The molecule has 5 rings (SSSR count). The van der Waals surface area contributed by atoms with E-state index in [9.17, 15) is 19.5 Å². The molecule has 2 aliphatic rings. The van der Waals surface area contributed by atoms with Gasteiger partial charge in [-0.1, -0.05) is 13.8 Å². The molecular formula is C31H37N3O6S. The lowest BCUT2D eigenvalue weighted by molar-refractivity contribution is 0.0165. The zero-order valence-corrected chi connectivity index (χ0v) is 25.0. The van der Waals surface area contributed by atoms with Gasteiger partial charge in [0, 0.05) is 48.5 Å². The molecule has 1 N–H and O–H groups in total. The minimum absolute atomic E-state index is 0.00746. The van der Waals surface area contributed by atoms with Crippen LogP contribution in [0.5, 0.6) is 5.75 Å². The second-order valence-electron chi connectivity index (χ2n) is 12.2. The van der Waals surface area contributed by atoms with E-state index in [2.05, 4.69) is 24.9 Å². The van der Waals surface area contributed by atoms with E-state index in [4.69, 9.17) is 9.47 Å². The highest BCUT2D eigenvalue weighted by molar-refractivity contribution is 7.13. The smallest absolute Gasteiger partial charge is 0.410 e. The topological polar surface area (TPSA) is 111 Å². The number of fused-ring (bicyclic) bond motifs is 3. The van der Waals surface area contributed by atoms with Crippen molar-refractivity contribution in [2.45, 2.75) is 65.5 Å². The lowest BCUT2D eigenvalue weighted by Gasteiger charge is -2.34. The van der Waals surface area contributed by atoms with Gasteiger partial charge in [0.15, 0.2) is 5.43 Å². The summed E-state index contributed by atoms with van der Waals surface area (Å²) in [6.07, 6.45) is 5.31. The predicted octanol–water partition coefficient (Wildman–Crippen LogP) is 6.12. The summed E-state index contributed by atoms with van der Waals surface area (Å²) in [6, 6.07) is 5.53. The van der Waals surface area contributed by atoms with E-state index in [-0.39, 0.29) is 23.6 Å². The first-order valence-corrected chi connectivity index (χ1v) is 15.0. The van der Waals surface area contributed by atoms with Crippen LogP contribution < -0.4 is 10.2 Å². The Balaban J connectivity index is 1.43. The molecule has 1 atom stereocenters. The maximum Gasteiger partial charge on any atom is 0.410 e. The van der Waals surface area contributed by atoms with Crippen molar-refractivity contribution in [2.75, 3.05) is 19.7 Å². The minimum atomic E-state index is -1.22. The molecule has 10 heteroatoms. The van der Waals surface area contributed by atoms with Crippen molar-refractivity contribution >= 4 is 23.4 Å². The largest absolute Gasteiger partial charge is 0.493 e. The maximum absolute atomic E-state index is 12.7. The highest BCUT2D eigenvalue weighted by atomic mass is 32.1. The molecule has 218 valence electrons. The molecular weight excluding hydrogens is 542 g/mol. The second kappa shape index (κ2) is 11.3. The Bertz CT molecular complexity index is 1500. The number of carbonyl (C=O) groups is 2. The SMILES string of the molecule is CC(C)C1Cc2cc(OCC3CCN(C(=O)OC(C)(C)C)CC3)c(-c3nccs3)cc2-c2cc(=O)c(C(=O)O)cn21. The predicted molar refractivity (Wildman–Crippen MR) is 158 cm³/mol. The van der Waals surface area contributed by atoms with Crippen LogP contribution in [0.2, 0.25) is 0 Å². The van der Waals surface area contributed by atoms with Crippen molar-refractivity contribution in [3.05, 3.63) is 57.3 Å². The molecule has 3 aromatic rings. The van der Waals surface area contributed by atoms with Crippen molar-refractivity contribution in [3.63, 3.8) is 0 Å². The molecule has 1 fully saturated rings. The first-order chi connectivity index (χ1) is 19.4. The average Bonchev–Trinajstić information content (AvgIpc) is 3.44. The van der Waals surface area contributed by atoms with E-state index >= 15 is 0 Å². The third-order valence-electron chi connectivity index (χ3n) is 7.75. The number of piperidine rings is 1. The zero-order valence-electron chi connectivity index (χ0n) is 24.2. The van der Waals surface area contributed by atoms with Gasteiger partial charge in [0.1, 0.15) is 21.9 Å². The number of thiazole rings is 1. The van der Waals surface area contributed by atoms with Crippen molar-refractivity contribution in [1.29, 1.82) is 0 Å². The van der Waals surface area contributed by atoms with Gasteiger partial charge in [-0.05, 0) is 69.6 Å². The number of aromatic carboxylic acids is 1. The molecule has 0 radical (unpaired) electrons. The fraction of sp³-hybridized carbons (Fsp3) is 0.484. The summed E-state index contributed by atoms with van der Waals surface area (Å²) in [6.45, 7) is 11.6. The molecule has 1 saturated heterocycles. The summed E-state index contributed by atoms with van der Waals surface area (Å²) in [7, 11) is 0. The Morgan fingerprint density at radius 2 is 1.88 bits per heavy atom. The van der Waals surface area contributed by atoms with Crippen LogP contribution in [0.1, 0.15) is 69.4 Å². The van der Waals surface area contributed by atoms with E-state index in [1.807, 2.05) is 36.8 Å². The Morgan fingerprint density at radius 3 is 2.49 bits per heavy atom. The van der Waals surface area contributed by atoms with Gasteiger partial charge in [-0.2, -0.15) is 0 Å². The number of hydrogen-bond acceptors (Lipinski definition) is 7. The second-order valence-corrected chi connectivity index (χ2v) is 13.1. The standard InChI is InChI=1S/C31H37N3O6S/c1-18(2)24-12-20-13-27(39-17-19-6-9-33(10-7-19)30(38)40-31(3,4)5)22(28-32-8-11-41-28)14-21(20)25-15-26(35)23(29(36)37)16-34(24)25/h8,11,13-16,18-19,24H,6-7,9-10,12,17H2,1-5H3,(H,36,37). The van der Waals surface area contributed by atoms with Crippen LogP contribution >= 0.6 is 11.3 Å². The number of ether oxygens (including phenoxy) is 2. The van der Waals surface area contributed by atoms with Crippen LogP contribution in [0.25, 0.3) is 21.8 Å². The third-order valence-corrected chi connectivity index (χ3v) is 8.56. The number of rotatable bonds is 6. The molecule has 0 saturated carbocycles. The first-order valence-electron chi connectivity index (χ1n) is 14.1. The fourth-order valence-electron chi connectivity index (χ4n) is 5.57. The number of likely N-dealkylation sites (tertiary alicyclic amines) is 1. The van der Waals surface area contributed by atoms with Crippen LogP contribution in [-0.4, -0.2) is 56.9 Å². The van der Waals surface area contributed by atoms with Crippen LogP contribution in [0, 0.1) is 11.8 Å². The third kappa shape index (κ3) is 6.17. The van der Waals surface area contributed by atoms with Gasteiger partial charge < -0.3 is 24.0 Å². The lowest BCUT2D eigenvalue weighted by Crippen LogP contribution is -2.42. The number of nitrogens with zero attached hydrogens (tertiary/aromatic N) is 3. The number of amides is 1. The molecule has 9 nitrogen and oxygen atoms in total. The van der Waals surface area contributed by atoms with E-state index in [1.54, 1.807) is 11.1 Å². The number of benzene rings is 1. The maximum atomic E-state index is 12.7. The van der Waals surface area contributed by atoms with Crippen molar-refractivity contribution in [1.82, 2.24) is 14.5 Å². The van der Waals surface area contributed by atoms with Gasteiger partial charge in [-0.25, -0.2) is 14.6 Å². The van der Waals surface area contributed by atoms with Gasteiger partial charge in [0.2, 0.25) is 0 Å². The molecule has 1 aromatic carbocycles. The van der Waals surface area contributed by atoms with Crippen molar-refractivity contribution in [3.8, 4) is 27.6 Å². The van der Waals surface area contributed by atoms with Gasteiger partial charge in [0.05, 0.1) is 17.9 Å². The molecule has 2 aliphatic heterocycles. The Hall–Kier alpha value is -3.66. The summed E-state index contributed by atoms with van der Waals surface area (Å²) in [5.41, 5.74) is 2.25. The van der Waals surface area contributed by atoms with Crippen LogP contribution in [-0.2, 0) is 11.2 Å². The number of carboxylic acids is 1. The highest BCUT2D eigenvalue weighted by Gasteiger charge is 2.31. The van der Waals surface area contributed by atoms with Gasteiger partial charge >= 0.3 is 12.1 Å². The van der Waals surface area contributed by atoms with E-state index < -0.39 is 17.0 Å². The number of aromatic nitrogens is 2. The Labute approximate surface area is 243 Å². The van der Waals surface area contributed by atoms with Gasteiger partial charge in [-0.3, -0.25) is 4.79 Å². The van der Waals surface area contributed by atoms with Gasteiger partial charge in [0.25, 0.3) is 0 Å². The van der Waals surface area contributed by atoms with Gasteiger partial charge in [-0.15, -0.1) is 11.3 Å². The van der Waals surface area contributed by atoms with E-state index in [1.165, 1.54) is 23.6 Å². The van der Waals surface area contributed by atoms with E-state index in [0.29, 0.717) is 37.7 Å². The van der Waals surface area contributed by atoms with E-state index in [0.717, 1.165) is 40.3 Å². The Kier molecular flexibility index (Phi) is 7.96. The summed E-state index contributed by atoms with van der Waals surface area (Å²) in [5, 5.41) is 12.3. The summed E-state index contributed by atoms with van der Waals surface area (Å²) in [5.74, 6) is 0.0340. The minimum Gasteiger partial charge on any atom is -0.493 e. The zero-order chi connectivity index (χ0) is 29.5. The van der Waals surface area contributed by atoms with Crippen LogP contribution in [0.4, 0.5) is 4.79 Å². The highest BCUT2D eigenvalue weighted by Crippen LogP contribution is 2.43. The van der Waals surface area contributed by atoms with Crippen molar-refractivity contribution in [2.24, 2.45) is 11.8 Å². The summed E-state index contributed by atoms with van der Waals surface area (Å²) in [4.78, 5) is 43.2. The van der Waals surface area contributed by atoms with Crippen molar-refractivity contribution < 1.29 is 24.2 Å². The molecule has 0 spiro atoms. The molecule has 2 aromatic heterocycles. The van der Waals surface area contributed by atoms with Crippen LogP contribution in [0.15, 0.2) is 40.8 Å². The molecule has 0 aliphatic carbocycles. The number of hydrogen-bond donors (Lipinski definition) is 1. The molecule has 4 heterocycles. The number of carboxylic acid groups (broad SMARTS) is 1. The number of carbonyl (C=O) groups excluding carboxylic acids is 1. The molecule has 1 amide bonds. The first kappa shape index (κ1) is 28.9. The molecule has 41 heavy (non-hydrogen) atoms. The average molecular weight is 580 g/mol. The summed E-state index contributed by atoms with van der Waals surface area (Å²) >= 11 is 1.51. The lowest BCUT2D eigenvalue weighted by atomic mass is 9.86. The molecule has 1 unspecified atom stereocenters. The number of pyridine rings is 1. The normalized spacial score (nSPS) is 17.2. The quantitative estimate of drug-likeness (QED) is 0.375. The monoisotopic (exact) mass is 579 g/mol. The van der Waals surface area contributed by atoms with Crippen LogP contribution in [0.3, 0.4) is 0 Å². The fourth-order valence-corrected chi connectivity index (χ4v) is 6.23. The molecule has 0 bridgehead atoms. The summed E-state index contributed by atoms with van der Waals surface area (Å²) < 4.78 is 14.0.